The number of sulfonamides is 1. The van der Waals surface area contributed by atoms with E-state index in [1.54, 1.807) is 36.2 Å². The van der Waals surface area contributed by atoms with Gasteiger partial charge in [-0.25, -0.2) is 8.42 Å². The van der Waals surface area contributed by atoms with Gasteiger partial charge < -0.3 is 19.9 Å². The predicted molar refractivity (Wildman–Crippen MR) is 138 cm³/mol. The fourth-order valence-corrected chi connectivity index (χ4v) is 5.15. The number of ether oxygens (including phenoxy) is 1. The van der Waals surface area contributed by atoms with Crippen LogP contribution in [0.2, 0.25) is 0 Å². The van der Waals surface area contributed by atoms with Crippen molar-refractivity contribution in [3.63, 3.8) is 0 Å². The molecule has 1 fully saturated rings. The molecule has 35 heavy (non-hydrogen) atoms. The van der Waals surface area contributed by atoms with Crippen LogP contribution in [0.15, 0.2) is 77.7 Å². The van der Waals surface area contributed by atoms with E-state index in [-0.39, 0.29) is 10.8 Å². The van der Waals surface area contributed by atoms with Crippen molar-refractivity contribution in [1.29, 1.82) is 0 Å². The third kappa shape index (κ3) is 5.93. The maximum Gasteiger partial charge on any atom is 0.262 e. The Hall–Kier alpha value is -3.56. The van der Waals surface area contributed by atoms with Gasteiger partial charge in [0.15, 0.2) is 0 Å². The Balaban J connectivity index is 1.65. The lowest BCUT2D eigenvalue weighted by Crippen LogP contribution is -2.44. The van der Waals surface area contributed by atoms with E-state index in [0.717, 1.165) is 37.4 Å². The largest absolute Gasteiger partial charge is 0.497 e. The van der Waals surface area contributed by atoms with Gasteiger partial charge in [-0.3, -0.25) is 9.52 Å². The summed E-state index contributed by atoms with van der Waals surface area (Å²) in [4.78, 5) is 17.5. The minimum absolute atomic E-state index is 0.0807. The summed E-state index contributed by atoms with van der Waals surface area (Å²) in [6.45, 7) is 3.60. The van der Waals surface area contributed by atoms with Gasteiger partial charge in [-0.1, -0.05) is 36.4 Å². The average molecular weight is 495 g/mol. The molecule has 3 aromatic rings. The first-order valence-corrected chi connectivity index (χ1v) is 12.9. The molecule has 1 saturated heterocycles. The zero-order valence-corrected chi connectivity index (χ0v) is 20.7. The molecule has 1 aliphatic rings. The smallest absolute Gasteiger partial charge is 0.262 e. The number of methoxy groups -OCH3 is 1. The van der Waals surface area contributed by atoms with Crippen molar-refractivity contribution in [2.75, 3.05) is 50.0 Å². The second kappa shape index (κ2) is 10.8. The molecule has 8 nitrogen and oxygen atoms in total. The minimum atomic E-state index is -3.87. The van der Waals surface area contributed by atoms with Gasteiger partial charge >= 0.3 is 0 Å². The van der Waals surface area contributed by atoms with Crippen LogP contribution >= 0.6 is 0 Å². The van der Waals surface area contributed by atoms with E-state index in [2.05, 4.69) is 14.9 Å². The van der Waals surface area contributed by atoms with Crippen LogP contribution in [0.4, 0.5) is 11.4 Å². The molecule has 0 aromatic heterocycles. The molecule has 2 N–H and O–H groups in total. The molecule has 4 rings (SSSR count). The van der Waals surface area contributed by atoms with Crippen LogP contribution in [0.1, 0.15) is 15.9 Å². The van der Waals surface area contributed by atoms with Crippen LogP contribution in [-0.2, 0) is 16.6 Å². The van der Waals surface area contributed by atoms with Crippen molar-refractivity contribution in [2.24, 2.45) is 0 Å². The Morgan fingerprint density at radius 3 is 2.49 bits per heavy atom. The molecule has 184 valence electrons. The highest BCUT2D eigenvalue weighted by Crippen LogP contribution is 2.28. The van der Waals surface area contributed by atoms with Gasteiger partial charge in [-0.15, -0.1) is 0 Å². The molecule has 1 amide bonds. The molecule has 0 aliphatic carbocycles. The lowest BCUT2D eigenvalue weighted by Gasteiger charge is -2.32. The van der Waals surface area contributed by atoms with E-state index in [4.69, 9.17) is 4.74 Å². The average Bonchev–Trinajstić information content (AvgIpc) is 2.89. The monoisotopic (exact) mass is 494 g/mol. The lowest BCUT2D eigenvalue weighted by molar-refractivity contribution is 0.0785. The van der Waals surface area contributed by atoms with E-state index in [1.165, 1.54) is 19.2 Å². The molecule has 9 heteroatoms. The zero-order valence-electron chi connectivity index (χ0n) is 19.9. The topological polar surface area (TPSA) is 91.0 Å². The van der Waals surface area contributed by atoms with Gasteiger partial charge in [-0.2, -0.15) is 0 Å². The number of anilines is 2. The number of carbonyl (C=O) groups is 1. The summed E-state index contributed by atoms with van der Waals surface area (Å²) in [6.07, 6.45) is 0. The quantitative estimate of drug-likeness (QED) is 0.500. The SMILES string of the molecule is COc1cccc(S(=O)(=O)Nc2ccc(N3CCNCC3)c(C(=O)N(C)Cc3ccccc3)c2)c1. The van der Waals surface area contributed by atoms with Gasteiger partial charge in [0.1, 0.15) is 5.75 Å². The van der Waals surface area contributed by atoms with Gasteiger partial charge in [0, 0.05) is 57.2 Å². The second-order valence-electron chi connectivity index (χ2n) is 8.40. The van der Waals surface area contributed by atoms with Gasteiger partial charge in [0.2, 0.25) is 0 Å². The van der Waals surface area contributed by atoms with Crippen LogP contribution in [0, 0.1) is 0 Å². The van der Waals surface area contributed by atoms with Crippen molar-refractivity contribution >= 4 is 27.3 Å². The van der Waals surface area contributed by atoms with Crippen LogP contribution in [0.3, 0.4) is 0 Å². The third-order valence-electron chi connectivity index (χ3n) is 5.90. The first-order valence-electron chi connectivity index (χ1n) is 11.4. The first-order chi connectivity index (χ1) is 16.9. The summed E-state index contributed by atoms with van der Waals surface area (Å²) < 4.78 is 33.8. The number of carbonyl (C=O) groups excluding carboxylic acids is 1. The van der Waals surface area contributed by atoms with Crippen molar-refractivity contribution in [3.8, 4) is 5.75 Å². The second-order valence-corrected chi connectivity index (χ2v) is 10.1. The maximum absolute atomic E-state index is 13.6. The molecule has 0 spiro atoms. The lowest BCUT2D eigenvalue weighted by atomic mass is 10.1. The predicted octanol–water partition coefficient (Wildman–Crippen LogP) is 3.18. The zero-order chi connectivity index (χ0) is 24.8. The fraction of sp³-hybridized carbons (Fsp3) is 0.269. The molecule has 1 aliphatic heterocycles. The van der Waals surface area contributed by atoms with Crippen LogP contribution in [-0.4, -0.2) is 59.6 Å². The molecule has 0 unspecified atom stereocenters. The highest BCUT2D eigenvalue weighted by Gasteiger charge is 2.23. The van der Waals surface area contributed by atoms with E-state index in [1.807, 2.05) is 36.4 Å². The summed E-state index contributed by atoms with van der Waals surface area (Å²) in [5, 5.41) is 3.32. The van der Waals surface area contributed by atoms with E-state index in [0.29, 0.717) is 23.5 Å². The van der Waals surface area contributed by atoms with Crippen molar-refractivity contribution < 1.29 is 17.9 Å². The third-order valence-corrected chi connectivity index (χ3v) is 7.28. The number of nitrogens with one attached hydrogen (secondary N) is 2. The van der Waals surface area contributed by atoms with Gasteiger partial charge in [0.05, 0.1) is 17.6 Å². The Morgan fingerprint density at radius 1 is 1.03 bits per heavy atom. The summed E-state index contributed by atoms with van der Waals surface area (Å²) in [5.74, 6) is 0.269. The Labute approximate surface area is 206 Å². The number of amides is 1. The number of rotatable bonds is 8. The highest BCUT2D eigenvalue weighted by atomic mass is 32.2. The summed E-state index contributed by atoms with van der Waals surface area (Å²) >= 11 is 0. The van der Waals surface area contributed by atoms with Crippen molar-refractivity contribution in [3.05, 3.63) is 83.9 Å². The summed E-state index contributed by atoms with van der Waals surface area (Å²) in [6, 6.07) is 21.2. The molecular formula is C26H30N4O4S. The normalized spacial score (nSPS) is 13.8. The molecular weight excluding hydrogens is 464 g/mol. The molecule has 0 atom stereocenters. The molecule has 0 saturated carbocycles. The fourth-order valence-electron chi connectivity index (χ4n) is 4.07. The van der Waals surface area contributed by atoms with E-state index in [9.17, 15) is 13.2 Å². The van der Waals surface area contributed by atoms with Crippen LogP contribution < -0.4 is 19.7 Å². The van der Waals surface area contributed by atoms with Crippen molar-refractivity contribution in [1.82, 2.24) is 10.2 Å². The Bertz CT molecular complexity index is 1280. The first kappa shape index (κ1) is 24.6. The highest BCUT2D eigenvalue weighted by molar-refractivity contribution is 7.92. The number of nitrogens with zero attached hydrogens (tertiary/aromatic N) is 2. The summed E-state index contributed by atoms with van der Waals surface area (Å²) in [5.41, 5.74) is 2.59. The van der Waals surface area contributed by atoms with Crippen molar-refractivity contribution in [2.45, 2.75) is 11.4 Å². The Morgan fingerprint density at radius 2 is 1.77 bits per heavy atom. The molecule has 0 radical (unpaired) electrons. The molecule has 0 bridgehead atoms. The maximum atomic E-state index is 13.6. The standard InChI is InChI=1S/C26H30N4O4S/c1-29(19-20-7-4-3-5-8-20)26(31)24-17-21(11-12-25(24)30-15-13-27-14-16-30)28-35(32,33)23-10-6-9-22(18-23)34-2/h3-12,17-18,27-28H,13-16,19H2,1-2H3. The Kier molecular flexibility index (Phi) is 7.57. The van der Waals surface area contributed by atoms with Crippen LogP contribution in [0.25, 0.3) is 0 Å². The van der Waals surface area contributed by atoms with E-state index < -0.39 is 10.0 Å². The summed E-state index contributed by atoms with van der Waals surface area (Å²) in [7, 11) is -0.636. The number of hydrogen-bond donors (Lipinski definition) is 2. The number of piperazine rings is 1. The minimum Gasteiger partial charge on any atom is -0.497 e. The van der Waals surface area contributed by atoms with E-state index >= 15 is 0 Å². The van der Waals surface area contributed by atoms with Gasteiger partial charge in [-0.05, 0) is 35.9 Å². The molecule has 3 aromatic carbocycles. The number of hydrogen-bond acceptors (Lipinski definition) is 6. The number of benzene rings is 3. The molecule has 1 heterocycles. The van der Waals surface area contributed by atoms with Gasteiger partial charge in [0.25, 0.3) is 15.9 Å². The van der Waals surface area contributed by atoms with Crippen LogP contribution in [0.5, 0.6) is 5.75 Å².